The monoisotopic (exact) mass is 1360 g/mol. The molecule has 0 aromatic heterocycles. The Morgan fingerprint density at radius 3 is 1.50 bits per heavy atom. The van der Waals surface area contributed by atoms with Gasteiger partial charge in [-0.05, 0) is 113 Å². The van der Waals surface area contributed by atoms with Gasteiger partial charge in [-0.25, -0.2) is 0 Å². The first-order valence-corrected chi connectivity index (χ1v) is 33.7. The summed E-state index contributed by atoms with van der Waals surface area (Å²) in [4.78, 5) is 186. The van der Waals surface area contributed by atoms with Crippen LogP contribution in [0, 0.1) is 29.6 Å². The van der Waals surface area contributed by atoms with Crippen molar-refractivity contribution < 1.29 is 75.8 Å². The number of piperidine rings is 1. The van der Waals surface area contributed by atoms with Crippen LogP contribution in [0.2, 0.25) is 0 Å². The zero-order chi connectivity index (χ0) is 73.3. The van der Waals surface area contributed by atoms with E-state index in [1.54, 1.807) is 46.4 Å². The smallest absolute Gasteiger partial charge is 0.391 e. The summed E-state index contributed by atoms with van der Waals surface area (Å²) in [6.07, 6.45) is -4.71. The topological polar surface area (TPSA) is 299 Å². The van der Waals surface area contributed by atoms with Gasteiger partial charge in [-0.1, -0.05) is 87.8 Å². The van der Waals surface area contributed by atoms with Gasteiger partial charge in [0.2, 0.25) is 70.9 Å². The van der Waals surface area contributed by atoms with Crippen LogP contribution < -0.4 is 21.3 Å². The highest BCUT2D eigenvalue weighted by atomic mass is 19.4. The molecule has 0 radical (unpaired) electrons. The van der Waals surface area contributed by atoms with E-state index in [1.807, 2.05) is 27.7 Å². The molecule has 5 N–H and O–H groups in total. The van der Waals surface area contributed by atoms with Crippen LogP contribution in [-0.4, -0.2) is 251 Å². The minimum absolute atomic E-state index is 0.00246. The summed E-state index contributed by atoms with van der Waals surface area (Å²) < 4.78 is 41.5. The molecule has 12 amide bonds. The lowest BCUT2D eigenvalue weighted by Crippen LogP contribution is -2.62. The molecule has 0 bridgehead atoms. The largest absolute Gasteiger partial charge is 0.416 e. The van der Waals surface area contributed by atoms with Crippen molar-refractivity contribution in [3.05, 3.63) is 35.4 Å². The molecule has 0 aliphatic carbocycles. The number of aliphatic hydroxyl groups excluding tert-OH is 1. The fourth-order valence-electron chi connectivity index (χ4n) is 12.0. The van der Waals surface area contributed by atoms with E-state index in [0.717, 1.165) is 55.2 Å². The van der Waals surface area contributed by atoms with Crippen molar-refractivity contribution in [2.75, 3.05) is 69.0 Å². The summed E-state index contributed by atoms with van der Waals surface area (Å²) in [7, 11) is 9.25. The highest BCUT2D eigenvalue weighted by Crippen LogP contribution is 2.30. The zero-order valence-electron chi connectivity index (χ0n) is 60.3. The maximum absolute atomic E-state index is 15.2. The van der Waals surface area contributed by atoms with Crippen LogP contribution in [0.25, 0.3) is 0 Å². The first kappa shape index (κ1) is 82.8. The predicted molar refractivity (Wildman–Crippen MR) is 355 cm³/mol. The molecule has 2 fully saturated rings. The van der Waals surface area contributed by atoms with Gasteiger partial charge in [0.05, 0.1) is 24.6 Å². The van der Waals surface area contributed by atoms with Gasteiger partial charge in [0, 0.05) is 68.8 Å². The van der Waals surface area contributed by atoms with Crippen LogP contribution in [0.3, 0.4) is 0 Å². The molecular formula is C68H111F3N12O13. The highest BCUT2D eigenvalue weighted by molar-refractivity contribution is 6.00. The molecule has 2 heterocycles. The fourth-order valence-corrected chi connectivity index (χ4v) is 12.0. The van der Waals surface area contributed by atoms with Crippen molar-refractivity contribution >= 4 is 70.9 Å². The van der Waals surface area contributed by atoms with Crippen molar-refractivity contribution in [1.82, 2.24) is 60.5 Å². The number of carbonyl (C=O) groups excluding carboxylic acids is 12. The third-order valence-corrected chi connectivity index (χ3v) is 18.4. The third-order valence-electron chi connectivity index (χ3n) is 18.4. The second kappa shape index (κ2) is 36.8. The van der Waals surface area contributed by atoms with Crippen molar-refractivity contribution in [1.29, 1.82) is 0 Å². The van der Waals surface area contributed by atoms with Gasteiger partial charge in [0.25, 0.3) is 0 Å². The van der Waals surface area contributed by atoms with E-state index in [0.29, 0.717) is 25.9 Å². The third kappa shape index (κ3) is 22.9. The summed E-state index contributed by atoms with van der Waals surface area (Å²) in [6, 6.07) is -10.1. The van der Waals surface area contributed by atoms with Gasteiger partial charge in [0.1, 0.15) is 60.4 Å². The lowest BCUT2D eigenvalue weighted by Gasteiger charge is -2.38. The Labute approximate surface area is 566 Å². The quantitative estimate of drug-likeness (QED) is 0.178. The van der Waals surface area contributed by atoms with E-state index in [4.69, 9.17) is 0 Å². The van der Waals surface area contributed by atoms with E-state index >= 15 is 14.4 Å². The number of benzene rings is 1. The SMILES string of the molecule is CC[C@H](C)[C@H]1C(=O)N[C@@H]([C@@H](C)O)C(=O)N(C)CC(=O)N(C)[C@@H](CC(C)C)C(=O)N[C@H](C(=O)N2CCCCC2)CC(=O)N(C)[C@@H](C)C(=O)N[C@@H](CC(C)C)C(=O)N(C)[C@@H](CC(C)C)C(=O)N(C)[C@@H](CC(C)C)C(=O)N[C@@H](Cc2ccc(C(F)(F)F)cc2)C(=O)N(C)[C@@H](C)C(=O)N1C. The molecule has 96 heavy (non-hydrogen) atoms. The molecule has 28 heteroatoms. The first-order chi connectivity index (χ1) is 44.5. The molecule has 0 saturated carbocycles. The zero-order valence-corrected chi connectivity index (χ0v) is 60.3. The van der Waals surface area contributed by atoms with Crippen molar-refractivity contribution in [3.8, 4) is 0 Å². The van der Waals surface area contributed by atoms with Gasteiger partial charge >= 0.3 is 6.18 Å². The standard InChI is InChI=1S/C68H111F3N12O13/c1-21-42(10)57-61(90)75-56(45(13)84)67(96)76(14)37-55(86)79(17)51(32-39(4)5)59(88)74-50(65(94)83-29-23-22-24-30-83)36-54(85)77(15)43(11)58(87)72-48(31-38(2)3)64(93)81(19)53(34-41(8)9)66(95)80(18)52(33-40(6)7)60(89)73-49(63(92)78(16)44(12)62(91)82(57)20)35-46-25-27-47(28-26-46)68(69,70)71/h25-28,38-45,48-53,56-57,84H,21-24,29-37H2,1-20H3,(H,72,87)(H,73,89)(H,74,88)(H,75,90)/t42-,43-,44-,45+,48-,49-,50-,51-,52-,53-,56-,57-/m0/s1. The van der Waals surface area contributed by atoms with Crippen LogP contribution in [0.4, 0.5) is 13.2 Å². The average molecular weight is 1360 g/mol. The maximum Gasteiger partial charge on any atom is 0.416 e. The Bertz CT molecular complexity index is 2870. The second-order valence-electron chi connectivity index (χ2n) is 28.1. The fraction of sp³-hybridized carbons (Fsp3) is 0.735. The molecule has 2 aliphatic heterocycles. The van der Waals surface area contributed by atoms with E-state index in [1.165, 1.54) is 79.9 Å². The number of halogens is 3. The number of likely N-dealkylation sites (tertiary alicyclic amines) is 1. The number of carbonyl (C=O) groups is 12. The lowest BCUT2D eigenvalue weighted by atomic mass is 9.95. The van der Waals surface area contributed by atoms with Crippen molar-refractivity contribution in [2.45, 2.75) is 227 Å². The summed E-state index contributed by atoms with van der Waals surface area (Å²) in [6.45, 7) is 21.9. The van der Waals surface area contributed by atoms with Crippen LogP contribution in [0.5, 0.6) is 0 Å². The van der Waals surface area contributed by atoms with Gasteiger partial charge < -0.3 is 65.6 Å². The number of alkyl halides is 3. The molecule has 25 nitrogen and oxygen atoms in total. The van der Waals surface area contributed by atoms with Gasteiger partial charge in [-0.3, -0.25) is 57.5 Å². The van der Waals surface area contributed by atoms with Crippen LogP contribution in [0.1, 0.15) is 159 Å². The normalized spacial score (nSPS) is 26.2. The summed E-state index contributed by atoms with van der Waals surface area (Å²) in [5.41, 5.74) is -0.809. The van der Waals surface area contributed by atoms with E-state index in [2.05, 4.69) is 21.3 Å². The maximum atomic E-state index is 15.2. The Balaban J connectivity index is 2.35. The molecule has 0 spiro atoms. The molecule has 1 aromatic rings. The second-order valence-corrected chi connectivity index (χ2v) is 28.1. The van der Waals surface area contributed by atoms with E-state index < -0.39 is 174 Å². The highest BCUT2D eigenvalue weighted by Gasteiger charge is 2.44. The van der Waals surface area contributed by atoms with Gasteiger partial charge in [-0.2, -0.15) is 13.2 Å². The number of amides is 12. The Kier molecular flexibility index (Phi) is 31.8. The lowest BCUT2D eigenvalue weighted by molar-refractivity contribution is -0.151. The number of hydrogen-bond donors (Lipinski definition) is 5. The number of nitrogens with one attached hydrogen (secondary N) is 4. The Hall–Kier alpha value is -7.39. The van der Waals surface area contributed by atoms with Crippen LogP contribution in [0.15, 0.2) is 24.3 Å². The minimum Gasteiger partial charge on any atom is -0.391 e. The molecule has 0 unspecified atom stereocenters. The Morgan fingerprint density at radius 2 is 1.00 bits per heavy atom. The van der Waals surface area contributed by atoms with Crippen molar-refractivity contribution in [2.24, 2.45) is 29.6 Å². The molecule has 2 aliphatic rings. The first-order valence-electron chi connectivity index (χ1n) is 33.7. The number of hydrogen-bond acceptors (Lipinski definition) is 13. The van der Waals surface area contributed by atoms with Gasteiger partial charge in [-0.15, -0.1) is 0 Å². The number of likely N-dealkylation sites (N-methyl/N-ethyl adjacent to an activating group) is 7. The summed E-state index contributed by atoms with van der Waals surface area (Å²) in [5, 5.41) is 22.0. The van der Waals surface area contributed by atoms with E-state index in [-0.39, 0.29) is 61.3 Å². The minimum atomic E-state index is -4.72. The molecule has 542 valence electrons. The van der Waals surface area contributed by atoms with Crippen LogP contribution >= 0.6 is 0 Å². The number of nitrogens with zero attached hydrogens (tertiary/aromatic N) is 8. The Morgan fingerprint density at radius 1 is 0.521 bits per heavy atom. The number of aliphatic hydroxyl groups is 1. The molecule has 12 atom stereocenters. The molecule has 2 saturated heterocycles. The molecule has 1 aromatic carbocycles. The summed E-state index contributed by atoms with van der Waals surface area (Å²) >= 11 is 0. The number of rotatable bonds is 14. The molecular weight excluding hydrogens is 1250 g/mol. The van der Waals surface area contributed by atoms with Crippen LogP contribution in [-0.2, 0) is 70.1 Å². The van der Waals surface area contributed by atoms with E-state index in [9.17, 15) is 61.4 Å². The molecule has 3 rings (SSSR count). The predicted octanol–water partition coefficient (Wildman–Crippen LogP) is 3.67. The summed E-state index contributed by atoms with van der Waals surface area (Å²) in [5.74, 6) is -11.1. The average Bonchev–Trinajstić information content (AvgIpc) is 0.855. The van der Waals surface area contributed by atoms with Crippen molar-refractivity contribution in [3.63, 3.8) is 0 Å². The van der Waals surface area contributed by atoms with Gasteiger partial charge in [0.15, 0.2) is 0 Å².